The molecule has 0 heterocycles. The van der Waals surface area contributed by atoms with Gasteiger partial charge in [-0.2, -0.15) is 0 Å². The summed E-state index contributed by atoms with van der Waals surface area (Å²) in [5.74, 6) is 0. The minimum Gasteiger partial charge on any atom is -0.103 e. The van der Waals surface area contributed by atoms with Gasteiger partial charge in [-0.05, 0) is 62.8 Å². The van der Waals surface area contributed by atoms with Crippen LogP contribution in [0.2, 0.25) is 0 Å². The molecule has 0 saturated heterocycles. The van der Waals surface area contributed by atoms with Crippen molar-refractivity contribution in [2.75, 3.05) is 0 Å². The molecule has 0 aliphatic rings. The fourth-order valence-electron chi connectivity index (χ4n) is 2.38. The molecule has 3 aromatic carbocycles. The molecule has 0 heteroatoms. The lowest BCUT2D eigenvalue weighted by molar-refractivity contribution is 1.13. The second-order valence-corrected chi connectivity index (χ2v) is 6.90. The molecule has 0 fully saturated rings. The molecule has 0 radical (unpaired) electrons. The van der Waals surface area contributed by atoms with Crippen molar-refractivity contribution in [2.45, 2.75) is 69.7 Å². The Bertz CT molecular complexity index is 735. The highest BCUT2D eigenvalue weighted by molar-refractivity contribution is 5.24. The first-order valence-electron chi connectivity index (χ1n) is 9.70. The number of hydrogen-bond donors (Lipinski definition) is 0. The first-order valence-corrected chi connectivity index (χ1v) is 9.70. The summed E-state index contributed by atoms with van der Waals surface area (Å²) in [6, 6.07) is 25.5. The largest absolute Gasteiger partial charge is 0.103 e. The minimum atomic E-state index is 0. The van der Waals surface area contributed by atoms with E-state index in [1.807, 2.05) is 6.08 Å². The first-order chi connectivity index (χ1) is 13.0. The molecule has 3 rings (SSSR count). The molecule has 0 atom stereocenters. The van der Waals surface area contributed by atoms with E-state index in [4.69, 9.17) is 0 Å². The average molecular weight is 407 g/mol. The van der Waals surface area contributed by atoms with Gasteiger partial charge < -0.3 is 0 Å². The van der Waals surface area contributed by atoms with Crippen molar-refractivity contribution >= 4 is 0 Å². The second-order valence-electron chi connectivity index (χ2n) is 6.90. The Kier molecular flexibility index (Phi) is 19.7. The monoisotopic (exact) mass is 406 g/mol. The highest BCUT2D eigenvalue weighted by atomic mass is 13.9. The lowest BCUT2D eigenvalue weighted by atomic mass is 10.1. The van der Waals surface area contributed by atoms with Crippen molar-refractivity contribution in [1.29, 1.82) is 0 Å². The highest BCUT2D eigenvalue weighted by Gasteiger charge is 1.89. The van der Waals surface area contributed by atoms with Crippen LogP contribution in [0.4, 0.5) is 0 Å². The van der Waals surface area contributed by atoms with Gasteiger partial charge in [0.2, 0.25) is 0 Å². The predicted octanol–water partition coefficient (Wildman–Crippen LogP) is 9.49. The molecule has 0 saturated carbocycles. The van der Waals surface area contributed by atoms with Crippen LogP contribution in [0.25, 0.3) is 0 Å². The van der Waals surface area contributed by atoms with Gasteiger partial charge in [-0.3, -0.25) is 0 Å². The maximum Gasteiger partial charge on any atom is -0.0100 e. The van der Waals surface area contributed by atoms with E-state index in [9.17, 15) is 0 Å². The van der Waals surface area contributed by atoms with Gasteiger partial charge in [-0.25, -0.2) is 0 Å². The summed E-state index contributed by atoms with van der Waals surface area (Å²) in [7, 11) is 0. The van der Waals surface area contributed by atoms with E-state index < -0.39 is 0 Å². The molecular weight excluding hydrogens is 360 g/mol. The Labute approximate surface area is 188 Å². The lowest BCUT2D eigenvalue weighted by Gasteiger charge is -1.98. The van der Waals surface area contributed by atoms with Crippen LogP contribution in [-0.4, -0.2) is 0 Å². The summed E-state index contributed by atoms with van der Waals surface area (Å²) < 4.78 is 0. The zero-order chi connectivity index (χ0) is 20.1. The van der Waals surface area contributed by atoms with Gasteiger partial charge in [0, 0.05) is 0 Å². The van der Waals surface area contributed by atoms with Gasteiger partial charge in [0.15, 0.2) is 0 Å². The van der Waals surface area contributed by atoms with Crippen molar-refractivity contribution < 1.29 is 0 Å². The van der Waals surface area contributed by atoms with Crippen LogP contribution in [0.3, 0.4) is 0 Å². The van der Waals surface area contributed by atoms with Crippen molar-refractivity contribution in [1.82, 2.24) is 0 Å². The van der Waals surface area contributed by atoms with E-state index in [0.29, 0.717) is 0 Å². The fourth-order valence-corrected chi connectivity index (χ4v) is 2.38. The van der Waals surface area contributed by atoms with Crippen LogP contribution in [-0.2, 0) is 12.8 Å². The number of hydrogen-bond acceptors (Lipinski definition) is 0. The van der Waals surface area contributed by atoms with Crippen LogP contribution >= 0.6 is 0 Å². The third kappa shape index (κ3) is 13.6. The molecule has 0 aromatic heterocycles. The lowest BCUT2D eigenvalue weighted by Crippen LogP contribution is -1.82. The van der Waals surface area contributed by atoms with E-state index in [1.54, 1.807) is 0 Å². The number of benzene rings is 3. The van der Waals surface area contributed by atoms with E-state index in [1.165, 1.54) is 33.4 Å². The molecule has 0 spiro atoms. The van der Waals surface area contributed by atoms with Gasteiger partial charge in [-0.1, -0.05) is 119 Å². The molecule has 0 aliphatic carbocycles. The predicted molar refractivity (Wildman–Crippen MR) is 142 cm³/mol. The standard InChI is InChI=1S/C11H14.2C8H10.3CH4/c1-3-5-11-8-6-10(4-2)7-9-11;1-7-3-5-8(2)6-4-7;1-7-5-3-4-6-8(7)2;;;/h3,6-9H,1,4-5H2,2H3;2*3-6H,1-2H3;3*1H4. The van der Waals surface area contributed by atoms with Gasteiger partial charge in [0.25, 0.3) is 0 Å². The molecule has 30 heavy (non-hydrogen) atoms. The van der Waals surface area contributed by atoms with Crippen molar-refractivity contribution in [2.24, 2.45) is 0 Å². The molecule has 0 aliphatic heterocycles. The maximum atomic E-state index is 3.70. The highest BCUT2D eigenvalue weighted by Crippen LogP contribution is 2.05. The quantitative estimate of drug-likeness (QED) is 0.380. The van der Waals surface area contributed by atoms with Gasteiger partial charge in [0.05, 0.1) is 0 Å². The van der Waals surface area contributed by atoms with Crippen molar-refractivity contribution in [3.05, 3.63) is 119 Å². The average Bonchev–Trinajstić information content (AvgIpc) is 2.68. The van der Waals surface area contributed by atoms with Gasteiger partial charge in [-0.15, -0.1) is 6.58 Å². The summed E-state index contributed by atoms with van der Waals surface area (Å²) >= 11 is 0. The van der Waals surface area contributed by atoms with Crippen LogP contribution in [0.5, 0.6) is 0 Å². The normalized spacial score (nSPS) is 8.43. The molecular formula is C30H46. The molecule has 3 aromatic rings. The first kappa shape index (κ1) is 32.1. The number of rotatable bonds is 3. The molecule has 0 N–H and O–H groups in total. The zero-order valence-electron chi connectivity index (χ0n) is 17.6. The topological polar surface area (TPSA) is 0 Å². The van der Waals surface area contributed by atoms with Crippen LogP contribution in [0.15, 0.2) is 85.5 Å². The number of aryl methyl sites for hydroxylation is 5. The Balaban J connectivity index is -0.000000353. The Morgan fingerprint density at radius 1 is 0.600 bits per heavy atom. The molecule has 0 amide bonds. The summed E-state index contributed by atoms with van der Waals surface area (Å²) in [6.07, 6.45) is 4.03. The van der Waals surface area contributed by atoms with E-state index in [2.05, 4.69) is 114 Å². The van der Waals surface area contributed by atoms with E-state index in [0.717, 1.165) is 12.8 Å². The molecule has 0 nitrogen and oxygen atoms in total. The molecule has 0 unspecified atom stereocenters. The third-order valence-electron chi connectivity index (χ3n) is 4.46. The van der Waals surface area contributed by atoms with Crippen LogP contribution in [0, 0.1) is 27.7 Å². The molecule has 0 bridgehead atoms. The Morgan fingerprint density at radius 3 is 1.27 bits per heavy atom. The van der Waals surface area contributed by atoms with Gasteiger partial charge in [0.1, 0.15) is 0 Å². The summed E-state index contributed by atoms with van der Waals surface area (Å²) in [5.41, 5.74) is 8.14. The van der Waals surface area contributed by atoms with Crippen molar-refractivity contribution in [3.8, 4) is 0 Å². The van der Waals surface area contributed by atoms with Crippen LogP contribution in [0.1, 0.15) is 62.6 Å². The summed E-state index contributed by atoms with van der Waals surface area (Å²) in [4.78, 5) is 0. The maximum absolute atomic E-state index is 3.70. The van der Waals surface area contributed by atoms with Gasteiger partial charge >= 0.3 is 0 Å². The zero-order valence-corrected chi connectivity index (χ0v) is 17.6. The third-order valence-corrected chi connectivity index (χ3v) is 4.46. The molecule has 166 valence electrons. The minimum absolute atomic E-state index is 0. The van der Waals surface area contributed by atoms with Crippen LogP contribution < -0.4 is 0 Å². The smallest absolute Gasteiger partial charge is 0.0100 e. The Hall–Kier alpha value is -2.60. The summed E-state index contributed by atoms with van der Waals surface area (Å²) in [6.45, 7) is 14.3. The Morgan fingerprint density at radius 2 is 0.967 bits per heavy atom. The van der Waals surface area contributed by atoms with Crippen molar-refractivity contribution in [3.63, 3.8) is 0 Å². The number of allylic oxidation sites excluding steroid dienone is 1. The fraction of sp³-hybridized carbons (Fsp3) is 0.333. The second kappa shape index (κ2) is 18.4. The van der Waals surface area contributed by atoms with E-state index >= 15 is 0 Å². The van der Waals surface area contributed by atoms with E-state index in [-0.39, 0.29) is 22.3 Å². The SMILES string of the molecule is C.C.C.C=CCc1ccc(CC)cc1.Cc1ccc(C)cc1.Cc1ccccc1C. The summed E-state index contributed by atoms with van der Waals surface area (Å²) in [5, 5.41) is 0.